The first kappa shape index (κ1) is 21.8. The molecule has 168 valence electrons. The van der Waals surface area contributed by atoms with Gasteiger partial charge in [-0.05, 0) is 80.3 Å². The zero-order valence-corrected chi connectivity index (χ0v) is 19.8. The normalized spacial score (nSPS) is 17.2. The van der Waals surface area contributed by atoms with Crippen molar-refractivity contribution >= 4 is 40.0 Å². The molecule has 1 fully saturated rings. The molecule has 2 aromatic carbocycles. The van der Waals surface area contributed by atoms with E-state index in [1.54, 1.807) is 0 Å². The van der Waals surface area contributed by atoms with Crippen molar-refractivity contribution in [2.45, 2.75) is 45.1 Å². The third-order valence-corrected chi connectivity index (χ3v) is 7.34. The van der Waals surface area contributed by atoms with Crippen molar-refractivity contribution in [2.24, 2.45) is 0 Å². The van der Waals surface area contributed by atoms with Gasteiger partial charge in [-0.3, -0.25) is 9.69 Å². The molecule has 3 aromatic rings. The highest BCUT2D eigenvalue weighted by Crippen LogP contribution is 2.35. The number of carbonyl (C=O) groups is 1. The lowest BCUT2D eigenvalue weighted by molar-refractivity contribution is -0.133. The maximum absolute atomic E-state index is 12.0. The van der Waals surface area contributed by atoms with Crippen LogP contribution in [0, 0.1) is 0 Å². The Bertz CT molecular complexity index is 1120. The summed E-state index contributed by atoms with van der Waals surface area (Å²) in [5.41, 5.74) is 5.10. The number of unbranched alkanes of at least 4 members (excludes halogenated alkanes) is 1. The summed E-state index contributed by atoms with van der Waals surface area (Å²) in [4.78, 5) is 16.6. The summed E-state index contributed by atoms with van der Waals surface area (Å²) in [7, 11) is 0. The number of likely N-dealkylation sites (tertiary alicyclic amines) is 1. The van der Waals surface area contributed by atoms with E-state index < -0.39 is 0 Å². The second kappa shape index (κ2) is 9.46. The van der Waals surface area contributed by atoms with Crippen molar-refractivity contribution in [3.05, 3.63) is 63.8 Å². The van der Waals surface area contributed by atoms with Gasteiger partial charge in [0.15, 0.2) is 0 Å². The average molecular weight is 470 g/mol. The molecule has 0 radical (unpaired) electrons. The van der Waals surface area contributed by atoms with Gasteiger partial charge in [0.25, 0.3) is 0 Å². The second-order valence-electron chi connectivity index (χ2n) is 8.97. The Morgan fingerprint density at radius 2 is 1.62 bits per heavy atom. The minimum absolute atomic E-state index is 0.339. The highest BCUT2D eigenvalue weighted by Gasteiger charge is 2.25. The van der Waals surface area contributed by atoms with Crippen LogP contribution in [0.3, 0.4) is 0 Å². The van der Waals surface area contributed by atoms with Gasteiger partial charge in [0, 0.05) is 65.8 Å². The van der Waals surface area contributed by atoms with Gasteiger partial charge in [0.05, 0.1) is 5.52 Å². The molecule has 1 saturated heterocycles. The van der Waals surface area contributed by atoms with Crippen molar-refractivity contribution in [1.29, 1.82) is 0 Å². The van der Waals surface area contributed by atoms with Crippen LogP contribution in [0.4, 0.5) is 0 Å². The third kappa shape index (κ3) is 4.41. The Balaban J connectivity index is 1.32. The Labute approximate surface area is 199 Å². The number of carbonyl (C=O) groups excluding carboxylic acids is 1. The van der Waals surface area contributed by atoms with E-state index in [0.29, 0.717) is 5.91 Å². The van der Waals surface area contributed by atoms with Crippen molar-refractivity contribution in [3.63, 3.8) is 0 Å². The number of amides is 1. The number of rotatable bonds is 6. The van der Waals surface area contributed by atoms with Gasteiger partial charge >= 0.3 is 0 Å². The number of benzene rings is 2. The topological polar surface area (TPSA) is 28.5 Å². The van der Waals surface area contributed by atoms with Crippen molar-refractivity contribution in [3.8, 4) is 5.69 Å². The lowest BCUT2D eigenvalue weighted by atomic mass is 10.0. The summed E-state index contributed by atoms with van der Waals surface area (Å²) in [6, 6.07) is 14.3. The number of aromatic nitrogens is 1. The van der Waals surface area contributed by atoms with Gasteiger partial charge in [-0.1, -0.05) is 23.2 Å². The van der Waals surface area contributed by atoms with Crippen LogP contribution in [-0.4, -0.2) is 46.5 Å². The van der Waals surface area contributed by atoms with E-state index >= 15 is 0 Å². The molecule has 6 heteroatoms. The molecule has 0 spiro atoms. The molecule has 2 aliphatic heterocycles. The van der Waals surface area contributed by atoms with E-state index in [2.05, 4.69) is 38.6 Å². The van der Waals surface area contributed by atoms with E-state index in [-0.39, 0.29) is 0 Å². The molecular formula is C26H29Cl2N3O. The van der Waals surface area contributed by atoms with E-state index in [1.807, 2.05) is 18.2 Å². The van der Waals surface area contributed by atoms with Crippen LogP contribution in [0.1, 0.15) is 43.4 Å². The van der Waals surface area contributed by atoms with Gasteiger partial charge < -0.3 is 9.47 Å². The van der Waals surface area contributed by atoms with Gasteiger partial charge in [-0.2, -0.15) is 0 Å². The fourth-order valence-corrected chi connectivity index (χ4v) is 5.50. The first-order chi connectivity index (χ1) is 15.6. The number of hydrogen-bond donors (Lipinski definition) is 0. The van der Waals surface area contributed by atoms with Gasteiger partial charge in [-0.15, -0.1) is 0 Å². The average Bonchev–Trinajstić information content (AvgIpc) is 3.11. The quantitative estimate of drug-likeness (QED) is 0.408. The molecule has 4 nitrogen and oxygen atoms in total. The molecule has 2 aliphatic rings. The van der Waals surface area contributed by atoms with Crippen molar-refractivity contribution in [2.75, 3.05) is 26.2 Å². The largest absolute Gasteiger partial charge is 0.343 e. The minimum Gasteiger partial charge on any atom is -0.343 e. The number of nitrogens with zero attached hydrogens (tertiary/aromatic N) is 3. The summed E-state index contributed by atoms with van der Waals surface area (Å²) in [6.07, 6.45) is 6.15. The summed E-state index contributed by atoms with van der Waals surface area (Å²) >= 11 is 12.5. The zero-order valence-electron chi connectivity index (χ0n) is 18.3. The van der Waals surface area contributed by atoms with E-state index in [0.717, 1.165) is 87.0 Å². The molecule has 3 heterocycles. The monoisotopic (exact) mass is 469 g/mol. The van der Waals surface area contributed by atoms with Crippen LogP contribution >= 0.6 is 23.2 Å². The molecule has 0 atom stereocenters. The SMILES string of the molecule is O=C1CCCCN1CCCCN1CCc2c(c3cc(Cl)ccc3n2-c2ccc(Cl)cc2)C1. The molecule has 0 unspecified atom stereocenters. The predicted molar refractivity (Wildman–Crippen MR) is 132 cm³/mol. The smallest absolute Gasteiger partial charge is 0.222 e. The maximum Gasteiger partial charge on any atom is 0.222 e. The third-order valence-electron chi connectivity index (χ3n) is 6.85. The fourth-order valence-electron chi connectivity index (χ4n) is 5.20. The molecule has 0 bridgehead atoms. The lowest BCUT2D eigenvalue weighted by Crippen LogP contribution is -2.36. The standard InChI is InChI=1S/C26H29Cl2N3O/c27-19-6-9-21(10-7-19)31-24-11-8-20(28)17-22(24)23-18-29(16-12-25(23)31)13-3-4-15-30-14-2-1-5-26(30)32/h6-11,17H,1-5,12-16,18H2. The molecule has 1 amide bonds. The first-order valence-electron chi connectivity index (χ1n) is 11.7. The molecule has 32 heavy (non-hydrogen) atoms. The van der Waals surface area contributed by atoms with Gasteiger partial charge in [0.1, 0.15) is 0 Å². The van der Waals surface area contributed by atoms with Crippen molar-refractivity contribution in [1.82, 2.24) is 14.4 Å². The first-order valence-corrected chi connectivity index (χ1v) is 12.4. The van der Waals surface area contributed by atoms with E-state index in [9.17, 15) is 4.79 Å². The van der Waals surface area contributed by atoms with Gasteiger partial charge in [0.2, 0.25) is 5.91 Å². The summed E-state index contributed by atoms with van der Waals surface area (Å²) in [6.45, 7) is 4.90. The Kier molecular flexibility index (Phi) is 6.45. The second-order valence-corrected chi connectivity index (χ2v) is 9.84. The van der Waals surface area contributed by atoms with Crippen LogP contribution in [0.5, 0.6) is 0 Å². The Hall–Kier alpha value is -2.01. The molecule has 0 aliphatic carbocycles. The summed E-state index contributed by atoms with van der Waals surface area (Å²) in [5.74, 6) is 0.339. The zero-order chi connectivity index (χ0) is 22.1. The van der Waals surface area contributed by atoms with Crippen LogP contribution in [-0.2, 0) is 17.8 Å². The van der Waals surface area contributed by atoms with Crippen LogP contribution in [0.25, 0.3) is 16.6 Å². The van der Waals surface area contributed by atoms with Crippen LogP contribution in [0.2, 0.25) is 10.0 Å². The molecular weight excluding hydrogens is 441 g/mol. The summed E-state index contributed by atoms with van der Waals surface area (Å²) in [5, 5.41) is 2.77. The Morgan fingerprint density at radius 1 is 0.844 bits per heavy atom. The minimum atomic E-state index is 0.339. The predicted octanol–water partition coefficient (Wildman–Crippen LogP) is 6.09. The maximum atomic E-state index is 12.0. The molecule has 5 rings (SSSR count). The molecule has 1 aromatic heterocycles. The number of halogens is 2. The van der Waals surface area contributed by atoms with Crippen molar-refractivity contribution < 1.29 is 4.79 Å². The van der Waals surface area contributed by atoms with Crippen LogP contribution < -0.4 is 0 Å². The fraction of sp³-hybridized carbons (Fsp3) is 0.423. The molecule has 0 N–H and O–H groups in total. The number of hydrogen-bond acceptors (Lipinski definition) is 2. The molecule has 0 saturated carbocycles. The Morgan fingerprint density at radius 3 is 2.44 bits per heavy atom. The van der Waals surface area contributed by atoms with E-state index in [4.69, 9.17) is 23.2 Å². The lowest BCUT2D eigenvalue weighted by Gasteiger charge is -2.29. The number of piperidine rings is 1. The summed E-state index contributed by atoms with van der Waals surface area (Å²) < 4.78 is 2.37. The van der Waals surface area contributed by atoms with Crippen LogP contribution in [0.15, 0.2) is 42.5 Å². The van der Waals surface area contributed by atoms with Gasteiger partial charge in [-0.25, -0.2) is 0 Å². The number of fused-ring (bicyclic) bond motifs is 3. The highest BCUT2D eigenvalue weighted by atomic mass is 35.5. The highest BCUT2D eigenvalue weighted by molar-refractivity contribution is 6.31. The van der Waals surface area contributed by atoms with E-state index in [1.165, 1.54) is 22.2 Å².